The molecule has 1 aliphatic rings. The summed E-state index contributed by atoms with van der Waals surface area (Å²) < 4.78 is 38.4. The highest BCUT2D eigenvalue weighted by molar-refractivity contribution is 7.89. The van der Waals surface area contributed by atoms with Crippen LogP contribution in [0.1, 0.15) is 24.0 Å². The van der Waals surface area contributed by atoms with Crippen molar-refractivity contribution < 1.29 is 22.7 Å². The molecule has 0 bridgehead atoms. The van der Waals surface area contributed by atoms with Gasteiger partial charge >= 0.3 is 0 Å². The van der Waals surface area contributed by atoms with Crippen LogP contribution in [0.15, 0.2) is 41.3 Å². The molecule has 0 aliphatic carbocycles. The number of carbonyl (C=O) groups is 1. The summed E-state index contributed by atoms with van der Waals surface area (Å²) in [6.07, 6.45) is 1.88. The van der Waals surface area contributed by atoms with Crippen molar-refractivity contribution in [2.24, 2.45) is 0 Å². The van der Waals surface area contributed by atoms with E-state index in [1.165, 1.54) is 0 Å². The molecule has 0 atom stereocenters. The number of benzene rings is 2. The van der Waals surface area contributed by atoms with Crippen LogP contribution >= 0.6 is 0 Å². The number of sulfonamides is 1. The Kier molecular flexibility index (Phi) is 6.44. The number of anilines is 1. The summed E-state index contributed by atoms with van der Waals surface area (Å²) >= 11 is 0. The van der Waals surface area contributed by atoms with Crippen molar-refractivity contribution in [2.75, 3.05) is 32.2 Å². The summed E-state index contributed by atoms with van der Waals surface area (Å²) in [5, 5.41) is 0. The molecule has 0 saturated carbocycles. The minimum Gasteiger partial charge on any atom is -0.493 e. The molecule has 0 unspecified atom stereocenters. The van der Waals surface area contributed by atoms with Gasteiger partial charge < -0.3 is 14.4 Å². The third kappa shape index (κ3) is 4.71. The summed E-state index contributed by atoms with van der Waals surface area (Å²) in [5.41, 5.74) is 2.48. The number of aryl methyl sites for hydroxylation is 1. The molecular weight excluding hydrogens is 392 g/mol. The van der Waals surface area contributed by atoms with E-state index >= 15 is 0 Å². The molecule has 0 spiro atoms. The molecule has 1 aliphatic heterocycles. The normalized spacial score (nSPS) is 14.3. The van der Waals surface area contributed by atoms with Gasteiger partial charge in [0.15, 0.2) is 11.5 Å². The number of hydrogen-bond acceptors (Lipinski definition) is 5. The van der Waals surface area contributed by atoms with E-state index in [1.807, 2.05) is 19.1 Å². The molecule has 1 saturated heterocycles. The van der Waals surface area contributed by atoms with Gasteiger partial charge in [0.2, 0.25) is 15.9 Å². The van der Waals surface area contributed by atoms with Crippen molar-refractivity contribution in [3.05, 3.63) is 47.5 Å². The van der Waals surface area contributed by atoms with E-state index in [-0.39, 0.29) is 17.3 Å². The number of hydrogen-bond donors (Lipinski definition) is 1. The van der Waals surface area contributed by atoms with Gasteiger partial charge in [-0.15, -0.1) is 0 Å². The predicted molar refractivity (Wildman–Crippen MR) is 111 cm³/mol. The highest BCUT2D eigenvalue weighted by Gasteiger charge is 2.24. The van der Waals surface area contributed by atoms with Crippen LogP contribution in [0.5, 0.6) is 11.5 Å². The molecule has 1 amide bonds. The van der Waals surface area contributed by atoms with Gasteiger partial charge in [-0.2, -0.15) is 0 Å². The predicted octanol–water partition coefficient (Wildman–Crippen LogP) is 2.66. The minimum absolute atomic E-state index is 0.0803. The molecule has 0 radical (unpaired) electrons. The maximum absolute atomic E-state index is 12.7. The topological polar surface area (TPSA) is 84.9 Å². The molecule has 1 N–H and O–H groups in total. The monoisotopic (exact) mass is 418 g/mol. The maximum Gasteiger partial charge on any atom is 0.240 e. The van der Waals surface area contributed by atoms with E-state index in [0.717, 1.165) is 23.2 Å². The van der Waals surface area contributed by atoms with Crippen molar-refractivity contribution in [3.8, 4) is 11.5 Å². The third-order valence-corrected chi connectivity index (χ3v) is 6.46. The van der Waals surface area contributed by atoms with Crippen LogP contribution in [-0.2, 0) is 21.2 Å². The number of amides is 1. The lowest BCUT2D eigenvalue weighted by atomic mass is 10.1. The zero-order chi connectivity index (χ0) is 21.0. The van der Waals surface area contributed by atoms with E-state index < -0.39 is 10.0 Å². The lowest BCUT2D eigenvalue weighted by Crippen LogP contribution is -2.27. The zero-order valence-electron chi connectivity index (χ0n) is 16.9. The Morgan fingerprint density at radius 2 is 1.83 bits per heavy atom. The van der Waals surface area contributed by atoms with Gasteiger partial charge in [0.25, 0.3) is 0 Å². The average Bonchev–Trinajstić information content (AvgIpc) is 3.13. The molecule has 1 fully saturated rings. The van der Waals surface area contributed by atoms with Gasteiger partial charge in [0.1, 0.15) is 0 Å². The maximum atomic E-state index is 12.7. The second-order valence-corrected chi connectivity index (χ2v) is 8.70. The summed E-state index contributed by atoms with van der Waals surface area (Å²) in [5.74, 6) is 1.32. The molecule has 7 nitrogen and oxygen atoms in total. The van der Waals surface area contributed by atoms with Gasteiger partial charge in [0, 0.05) is 25.2 Å². The number of nitrogens with zero attached hydrogens (tertiary/aromatic N) is 1. The number of carbonyl (C=O) groups excluding carboxylic acids is 1. The Balaban J connectivity index is 1.67. The number of methoxy groups -OCH3 is 2. The average molecular weight is 419 g/mol. The van der Waals surface area contributed by atoms with Crippen LogP contribution in [0.2, 0.25) is 0 Å². The van der Waals surface area contributed by atoms with E-state index in [4.69, 9.17) is 9.47 Å². The molecule has 1 heterocycles. The molecular formula is C21H26N2O5S. The summed E-state index contributed by atoms with van der Waals surface area (Å²) in [6.45, 7) is 2.75. The number of ether oxygens (including phenoxy) is 2. The fraction of sp³-hybridized carbons (Fsp3) is 0.381. The van der Waals surface area contributed by atoms with Crippen molar-refractivity contribution >= 4 is 21.6 Å². The lowest BCUT2D eigenvalue weighted by molar-refractivity contribution is -0.117. The van der Waals surface area contributed by atoms with Gasteiger partial charge in [-0.25, -0.2) is 13.1 Å². The first kappa shape index (κ1) is 21.1. The molecule has 29 heavy (non-hydrogen) atoms. The smallest absolute Gasteiger partial charge is 0.240 e. The lowest BCUT2D eigenvalue weighted by Gasteiger charge is -2.19. The molecule has 156 valence electrons. The fourth-order valence-electron chi connectivity index (χ4n) is 3.45. The Morgan fingerprint density at radius 3 is 2.45 bits per heavy atom. The van der Waals surface area contributed by atoms with Gasteiger partial charge in [-0.1, -0.05) is 6.07 Å². The minimum atomic E-state index is -3.64. The first-order chi connectivity index (χ1) is 13.9. The Bertz CT molecular complexity index is 1000. The fourth-order valence-corrected chi connectivity index (χ4v) is 4.57. The van der Waals surface area contributed by atoms with Crippen LogP contribution in [0.4, 0.5) is 5.69 Å². The Morgan fingerprint density at radius 1 is 1.07 bits per heavy atom. The summed E-state index contributed by atoms with van der Waals surface area (Å²) in [7, 11) is -0.515. The van der Waals surface area contributed by atoms with Crippen molar-refractivity contribution in [1.29, 1.82) is 0 Å². The highest BCUT2D eigenvalue weighted by atomic mass is 32.2. The van der Waals surface area contributed by atoms with Crippen LogP contribution in [-0.4, -0.2) is 41.6 Å². The van der Waals surface area contributed by atoms with Gasteiger partial charge in [-0.3, -0.25) is 4.79 Å². The number of rotatable bonds is 8. The molecule has 8 heteroatoms. The first-order valence-corrected chi connectivity index (χ1v) is 11.0. The van der Waals surface area contributed by atoms with E-state index in [0.29, 0.717) is 30.9 Å². The van der Waals surface area contributed by atoms with Crippen molar-refractivity contribution in [3.63, 3.8) is 0 Å². The van der Waals surface area contributed by atoms with E-state index in [9.17, 15) is 13.2 Å². The van der Waals surface area contributed by atoms with E-state index in [2.05, 4.69) is 4.72 Å². The molecule has 3 rings (SSSR count). The molecule has 0 aromatic heterocycles. The Labute approximate surface area is 171 Å². The Hall–Kier alpha value is -2.58. The summed E-state index contributed by atoms with van der Waals surface area (Å²) in [6, 6.07) is 10.4. The van der Waals surface area contributed by atoms with Gasteiger partial charge in [-0.05, 0) is 61.2 Å². The van der Waals surface area contributed by atoms with Crippen LogP contribution in [0.3, 0.4) is 0 Å². The number of nitrogens with one attached hydrogen (secondary N) is 1. The molecule has 2 aromatic carbocycles. The standard InChI is InChI=1S/C21H26N2O5S/c1-15-13-17(7-8-18(15)23-12-4-5-21(23)24)29(25,26)22-11-10-16-6-9-19(27-2)20(14-16)28-3/h6-9,13-14,22H,4-5,10-12H2,1-3H3. The SMILES string of the molecule is COc1ccc(CCNS(=O)(=O)c2ccc(N3CCCC3=O)c(C)c2)cc1OC. The first-order valence-electron chi connectivity index (χ1n) is 9.47. The quantitative estimate of drug-likeness (QED) is 0.712. The van der Waals surface area contributed by atoms with Crippen LogP contribution in [0.25, 0.3) is 0 Å². The van der Waals surface area contributed by atoms with Crippen LogP contribution < -0.4 is 19.1 Å². The summed E-state index contributed by atoms with van der Waals surface area (Å²) in [4.78, 5) is 13.9. The zero-order valence-corrected chi connectivity index (χ0v) is 17.7. The molecule has 2 aromatic rings. The van der Waals surface area contributed by atoms with Crippen molar-refractivity contribution in [1.82, 2.24) is 4.72 Å². The van der Waals surface area contributed by atoms with Crippen LogP contribution in [0, 0.1) is 6.92 Å². The third-order valence-electron chi connectivity index (χ3n) is 5.00. The van der Waals surface area contributed by atoms with E-state index in [1.54, 1.807) is 43.4 Å². The largest absolute Gasteiger partial charge is 0.493 e. The van der Waals surface area contributed by atoms with Gasteiger partial charge in [0.05, 0.1) is 19.1 Å². The second-order valence-electron chi connectivity index (χ2n) is 6.93. The van der Waals surface area contributed by atoms with Crippen molar-refractivity contribution in [2.45, 2.75) is 31.1 Å². The second kappa shape index (κ2) is 8.84. The highest BCUT2D eigenvalue weighted by Crippen LogP contribution is 2.28.